The number of carbonyl (C=O) groups is 2. The molecule has 0 saturated heterocycles. The molecule has 0 aliphatic heterocycles. The summed E-state index contributed by atoms with van der Waals surface area (Å²) in [4.78, 5) is 32.3. The van der Waals surface area contributed by atoms with Crippen LogP contribution in [0.1, 0.15) is 31.5 Å². The normalized spacial score (nSPS) is 10.9. The molecular formula is C24H24FN3O2S. The monoisotopic (exact) mass is 437 g/mol. The van der Waals surface area contributed by atoms with Gasteiger partial charge in [0.05, 0.1) is 11.4 Å². The van der Waals surface area contributed by atoms with Crippen LogP contribution < -0.4 is 4.90 Å². The summed E-state index contributed by atoms with van der Waals surface area (Å²) < 4.78 is 14.2. The van der Waals surface area contributed by atoms with Crippen LogP contribution in [0.4, 0.5) is 15.2 Å². The number of halogens is 1. The Morgan fingerprint density at radius 3 is 2.48 bits per heavy atom. The molecule has 31 heavy (non-hydrogen) atoms. The zero-order valence-electron chi connectivity index (χ0n) is 17.5. The molecule has 5 nitrogen and oxygen atoms in total. The fourth-order valence-electron chi connectivity index (χ4n) is 3.10. The van der Waals surface area contributed by atoms with Gasteiger partial charge in [-0.1, -0.05) is 49.4 Å². The Morgan fingerprint density at radius 1 is 1.10 bits per heavy atom. The molecule has 1 heterocycles. The minimum atomic E-state index is -0.503. The third kappa shape index (κ3) is 5.86. The van der Waals surface area contributed by atoms with Gasteiger partial charge in [0, 0.05) is 31.5 Å². The second kappa shape index (κ2) is 10.6. The number of thiazole rings is 1. The molecule has 0 bridgehead atoms. The standard InChI is InChI=1S/C24H24FN3O2S/c1-3-15-27(16-19-9-5-4-6-10-19)23(30)14-13-20-17-31-24(26-20)28(18(2)29)22-12-8-7-11-21(22)25/h4-14,17H,3,15-16H2,1-2H3. The maximum atomic E-state index is 14.2. The summed E-state index contributed by atoms with van der Waals surface area (Å²) in [5, 5.41) is 2.08. The van der Waals surface area contributed by atoms with Crippen LogP contribution in [0.25, 0.3) is 6.08 Å². The number of nitrogens with zero attached hydrogens (tertiary/aromatic N) is 3. The first-order valence-electron chi connectivity index (χ1n) is 10.0. The first-order valence-corrected chi connectivity index (χ1v) is 10.9. The number of hydrogen-bond acceptors (Lipinski definition) is 4. The van der Waals surface area contributed by atoms with E-state index in [9.17, 15) is 14.0 Å². The van der Waals surface area contributed by atoms with Crippen molar-refractivity contribution in [2.75, 3.05) is 11.4 Å². The van der Waals surface area contributed by atoms with Gasteiger partial charge in [-0.3, -0.25) is 14.5 Å². The Bertz CT molecular complexity index is 1070. The molecule has 2 aromatic carbocycles. The van der Waals surface area contributed by atoms with Gasteiger partial charge in [0.1, 0.15) is 5.82 Å². The van der Waals surface area contributed by atoms with Gasteiger partial charge in [-0.15, -0.1) is 11.3 Å². The summed E-state index contributed by atoms with van der Waals surface area (Å²) in [5.74, 6) is -0.961. The Balaban J connectivity index is 1.76. The minimum absolute atomic E-state index is 0.113. The molecule has 0 N–H and O–H groups in total. The van der Waals surface area contributed by atoms with Crippen LogP contribution in [-0.4, -0.2) is 28.2 Å². The number of aromatic nitrogens is 1. The van der Waals surface area contributed by atoms with Crippen LogP contribution in [0.3, 0.4) is 0 Å². The lowest BCUT2D eigenvalue weighted by Crippen LogP contribution is -2.29. The SMILES string of the molecule is CCCN(Cc1ccccc1)C(=O)C=Cc1csc(N(C(C)=O)c2ccccc2F)n1. The second-order valence-electron chi connectivity index (χ2n) is 6.94. The Labute approximate surface area is 185 Å². The van der Waals surface area contributed by atoms with Gasteiger partial charge >= 0.3 is 0 Å². The van der Waals surface area contributed by atoms with Crippen LogP contribution in [-0.2, 0) is 16.1 Å². The van der Waals surface area contributed by atoms with Crippen LogP contribution in [0.2, 0.25) is 0 Å². The average molecular weight is 438 g/mol. The molecule has 3 rings (SSSR count). The number of rotatable bonds is 8. The molecule has 3 aromatic rings. The molecule has 7 heteroatoms. The smallest absolute Gasteiger partial charge is 0.246 e. The highest BCUT2D eigenvalue weighted by Gasteiger charge is 2.20. The molecule has 0 radical (unpaired) electrons. The number of para-hydroxylation sites is 1. The topological polar surface area (TPSA) is 53.5 Å². The molecular weight excluding hydrogens is 413 g/mol. The Hall–Kier alpha value is -3.32. The van der Waals surface area contributed by atoms with Crippen LogP contribution >= 0.6 is 11.3 Å². The van der Waals surface area contributed by atoms with Crippen molar-refractivity contribution in [2.45, 2.75) is 26.8 Å². The fraction of sp³-hybridized carbons (Fsp3) is 0.208. The quantitative estimate of drug-likeness (QED) is 0.442. The zero-order chi connectivity index (χ0) is 22.2. The molecule has 1 aromatic heterocycles. The number of benzene rings is 2. The minimum Gasteiger partial charge on any atom is -0.335 e. The zero-order valence-corrected chi connectivity index (χ0v) is 18.3. The van der Waals surface area contributed by atoms with Crippen molar-refractivity contribution in [3.63, 3.8) is 0 Å². The van der Waals surface area contributed by atoms with Gasteiger partial charge in [-0.25, -0.2) is 9.37 Å². The molecule has 0 fully saturated rings. The predicted octanol–water partition coefficient (Wildman–Crippen LogP) is 5.42. The first-order chi connectivity index (χ1) is 15.0. The summed E-state index contributed by atoms with van der Waals surface area (Å²) in [7, 11) is 0. The number of hydrogen-bond donors (Lipinski definition) is 0. The third-order valence-corrected chi connectivity index (χ3v) is 5.37. The van der Waals surface area contributed by atoms with Gasteiger partial charge in [0.25, 0.3) is 0 Å². The van der Waals surface area contributed by atoms with Gasteiger partial charge in [0.15, 0.2) is 5.13 Å². The van der Waals surface area contributed by atoms with E-state index in [4.69, 9.17) is 0 Å². The molecule has 0 saturated carbocycles. The van der Waals surface area contributed by atoms with E-state index < -0.39 is 5.82 Å². The third-order valence-electron chi connectivity index (χ3n) is 4.53. The predicted molar refractivity (Wildman–Crippen MR) is 123 cm³/mol. The molecule has 0 aliphatic rings. The van der Waals surface area contributed by atoms with Crippen molar-refractivity contribution in [2.24, 2.45) is 0 Å². The van der Waals surface area contributed by atoms with E-state index in [1.165, 1.54) is 41.4 Å². The summed E-state index contributed by atoms with van der Waals surface area (Å²) >= 11 is 1.21. The molecule has 0 unspecified atom stereocenters. The average Bonchev–Trinajstić information content (AvgIpc) is 3.22. The van der Waals surface area contributed by atoms with Crippen molar-refractivity contribution in [1.29, 1.82) is 0 Å². The second-order valence-corrected chi connectivity index (χ2v) is 7.78. The highest BCUT2D eigenvalue weighted by atomic mass is 32.1. The lowest BCUT2D eigenvalue weighted by atomic mass is 10.2. The fourth-order valence-corrected chi connectivity index (χ4v) is 3.95. The number of carbonyl (C=O) groups excluding carboxylic acids is 2. The van der Waals surface area contributed by atoms with E-state index in [1.807, 2.05) is 37.3 Å². The molecule has 0 aliphatic carbocycles. The Morgan fingerprint density at radius 2 is 1.81 bits per heavy atom. The summed E-state index contributed by atoms with van der Waals surface area (Å²) in [6, 6.07) is 15.9. The van der Waals surface area contributed by atoms with Crippen LogP contribution in [0, 0.1) is 5.82 Å². The molecule has 0 spiro atoms. The van der Waals surface area contributed by atoms with E-state index >= 15 is 0 Å². The van der Waals surface area contributed by atoms with E-state index in [0.717, 1.165) is 12.0 Å². The molecule has 160 valence electrons. The van der Waals surface area contributed by atoms with Crippen molar-refractivity contribution in [3.8, 4) is 0 Å². The maximum absolute atomic E-state index is 14.2. The van der Waals surface area contributed by atoms with Gasteiger partial charge < -0.3 is 4.90 Å². The molecule has 0 atom stereocenters. The van der Waals surface area contributed by atoms with Gasteiger partial charge in [-0.05, 0) is 30.2 Å². The maximum Gasteiger partial charge on any atom is 0.246 e. The highest BCUT2D eigenvalue weighted by Crippen LogP contribution is 2.31. The number of amides is 2. The van der Waals surface area contributed by atoms with Crippen molar-refractivity contribution >= 4 is 40.0 Å². The van der Waals surface area contributed by atoms with Gasteiger partial charge in [-0.2, -0.15) is 0 Å². The summed E-state index contributed by atoms with van der Waals surface area (Å²) in [6.07, 6.45) is 3.96. The van der Waals surface area contributed by atoms with Crippen LogP contribution in [0.15, 0.2) is 66.1 Å². The highest BCUT2D eigenvalue weighted by molar-refractivity contribution is 7.14. The molecule has 2 amide bonds. The number of anilines is 2. The van der Waals surface area contributed by atoms with E-state index in [1.54, 1.807) is 28.5 Å². The van der Waals surface area contributed by atoms with E-state index in [2.05, 4.69) is 4.98 Å². The van der Waals surface area contributed by atoms with Crippen molar-refractivity contribution < 1.29 is 14.0 Å². The van der Waals surface area contributed by atoms with E-state index in [-0.39, 0.29) is 17.5 Å². The van der Waals surface area contributed by atoms with E-state index in [0.29, 0.717) is 23.9 Å². The van der Waals surface area contributed by atoms with Crippen molar-refractivity contribution in [3.05, 3.63) is 83.1 Å². The van der Waals surface area contributed by atoms with Crippen molar-refractivity contribution in [1.82, 2.24) is 9.88 Å². The Kier molecular flexibility index (Phi) is 7.67. The summed E-state index contributed by atoms with van der Waals surface area (Å²) in [5.41, 5.74) is 1.75. The van der Waals surface area contributed by atoms with Gasteiger partial charge in [0.2, 0.25) is 11.8 Å². The lowest BCUT2D eigenvalue weighted by Gasteiger charge is -2.20. The van der Waals surface area contributed by atoms with Crippen LogP contribution in [0.5, 0.6) is 0 Å². The first kappa shape index (κ1) is 22.4. The summed E-state index contributed by atoms with van der Waals surface area (Å²) in [6.45, 7) is 4.57. The lowest BCUT2D eigenvalue weighted by molar-refractivity contribution is -0.126. The largest absolute Gasteiger partial charge is 0.335 e.